The quantitative estimate of drug-likeness (QED) is 0.442. The topological polar surface area (TPSA) is 100 Å². The predicted molar refractivity (Wildman–Crippen MR) is 135 cm³/mol. The van der Waals surface area contributed by atoms with Crippen LogP contribution in [0.25, 0.3) is 11.0 Å². The van der Waals surface area contributed by atoms with Crippen molar-refractivity contribution < 1.29 is 28.5 Å². The lowest BCUT2D eigenvalue weighted by Gasteiger charge is -2.22. The van der Waals surface area contributed by atoms with Gasteiger partial charge in [-0.2, -0.15) is 0 Å². The van der Waals surface area contributed by atoms with Crippen molar-refractivity contribution in [2.45, 2.75) is 51.0 Å². The maximum Gasteiger partial charge on any atom is 0.417 e. The number of Topliss-reactive ketones (excluding diaryl/α,β-unsaturated/α-hetero) is 1. The van der Waals surface area contributed by atoms with E-state index in [4.69, 9.17) is 18.9 Å². The van der Waals surface area contributed by atoms with Gasteiger partial charge in [0.25, 0.3) is 0 Å². The molecule has 4 heterocycles. The van der Waals surface area contributed by atoms with Crippen LogP contribution in [0.1, 0.15) is 44.1 Å². The number of aromatic nitrogens is 2. The molecular formula is C28H29N3O6. The second-order valence-corrected chi connectivity index (χ2v) is 9.13. The third-order valence-corrected chi connectivity index (χ3v) is 6.51. The molecular weight excluding hydrogens is 474 g/mol. The molecule has 9 heteroatoms. The van der Waals surface area contributed by atoms with Gasteiger partial charge in [0.2, 0.25) is 11.8 Å². The van der Waals surface area contributed by atoms with E-state index in [9.17, 15) is 9.59 Å². The summed E-state index contributed by atoms with van der Waals surface area (Å²) in [6, 6.07) is 5.50. The van der Waals surface area contributed by atoms with Crippen LogP contribution < -0.4 is 4.74 Å². The first-order chi connectivity index (χ1) is 18.1. The molecule has 1 fully saturated rings. The summed E-state index contributed by atoms with van der Waals surface area (Å²) in [4.78, 5) is 35.4. The number of pyridine rings is 2. The zero-order chi connectivity index (χ0) is 25.6. The molecule has 9 nitrogen and oxygen atoms in total. The Balaban J connectivity index is 1.10. The Morgan fingerprint density at radius 2 is 2.14 bits per heavy atom. The van der Waals surface area contributed by atoms with E-state index in [-0.39, 0.29) is 5.78 Å². The molecule has 5 rings (SSSR count). The maximum atomic E-state index is 12.6. The molecule has 1 unspecified atom stereocenters. The van der Waals surface area contributed by atoms with Crippen LogP contribution in [0.5, 0.6) is 5.88 Å². The number of ketones is 1. The second kappa shape index (κ2) is 11.3. The molecule has 3 aliphatic rings. The lowest BCUT2D eigenvalue weighted by Crippen LogP contribution is -2.27. The minimum atomic E-state index is -0.503. The van der Waals surface area contributed by atoms with E-state index in [1.54, 1.807) is 25.6 Å². The number of amides is 1. The first kappa shape index (κ1) is 24.5. The third-order valence-electron chi connectivity index (χ3n) is 6.51. The molecule has 37 heavy (non-hydrogen) atoms. The van der Waals surface area contributed by atoms with Gasteiger partial charge in [-0.15, -0.1) is 0 Å². The molecule has 0 radical (unpaired) electrons. The molecule has 192 valence electrons. The Morgan fingerprint density at radius 1 is 1.22 bits per heavy atom. The highest BCUT2D eigenvalue weighted by Gasteiger charge is 2.36. The minimum Gasteiger partial charge on any atom is -0.481 e. The molecule has 2 aromatic rings. The highest BCUT2D eigenvalue weighted by atomic mass is 16.6. The number of fused-ring (bicyclic) bond motifs is 1. The third kappa shape index (κ3) is 5.99. The second-order valence-electron chi connectivity index (χ2n) is 9.13. The van der Waals surface area contributed by atoms with Crippen LogP contribution in [0.2, 0.25) is 0 Å². The molecule has 1 aliphatic carbocycles. The molecule has 0 aromatic carbocycles. The summed E-state index contributed by atoms with van der Waals surface area (Å²) in [5.74, 6) is 1.55. The van der Waals surface area contributed by atoms with Gasteiger partial charge in [-0.1, -0.05) is 23.8 Å². The maximum absolute atomic E-state index is 12.6. The van der Waals surface area contributed by atoms with E-state index in [0.29, 0.717) is 56.2 Å². The van der Waals surface area contributed by atoms with E-state index in [1.807, 2.05) is 18.2 Å². The van der Waals surface area contributed by atoms with Crippen molar-refractivity contribution in [3.63, 3.8) is 0 Å². The number of hydrogen-bond donors (Lipinski definition) is 0. The molecule has 2 aromatic heterocycles. The van der Waals surface area contributed by atoms with Gasteiger partial charge in [-0.3, -0.25) is 9.78 Å². The smallest absolute Gasteiger partial charge is 0.417 e. The van der Waals surface area contributed by atoms with Gasteiger partial charge in [0.05, 0.1) is 24.7 Å². The van der Waals surface area contributed by atoms with Crippen molar-refractivity contribution in [2.75, 3.05) is 13.7 Å². The standard InChI is InChI=1S/C28H29N3O6/c1-34-25-12-11-24-27(30-25)20(13-14-29-24)7-8-21(32)9-10-22-16-31(28(33)37-22)26-18-35-17-23(36-26)15-19-5-3-2-4-6-19/h2-3,5,11-14,17-18,22H,4,6-10,15-16H2,1H3. The van der Waals surface area contributed by atoms with E-state index in [2.05, 4.69) is 22.1 Å². The van der Waals surface area contributed by atoms with Crippen LogP contribution in [0.3, 0.4) is 0 Å². The molecule has 0 spiro atoms. The van der Waals surface area contributed by atoms with Gasteiger partial charge in [-0.25, -0.2) is 14.7 Å². The fraction of sp³-hybridized carbons (Fsp3) is 0.357. The summed E-state index contributed by atoms with van der Waals surface area (Å²) in [6.07, 6.45) is 14.3. The zero-order valence-corrected chi connectivity index (χ0v) is 20.7. The van der Waals surface area contributed by atoms with Crippen molar-refractivity contribution in [3.8, 4) is 5.88 Å². The normalized spacial score (nSPS) is 18.9. The van der Waals surface area contributed by atoms with Crippen molar-refractivity contribution >= 4 is 22.9 Å². The average Bonchev–Trinajstić information content (AvgIpc) is 3.31. The van der Waals surface area contributed by atoms with Gasteiger partial charge < -0.3 is 18.9 Å². The first-order valence-corrected chi connectivity index (χ1v) is 12.4. The van der Waals surface area contributed by atoms with Crippen LogP contribution >= 0.6 is 0 Å². The SMILES string of the molecule is COc1ccc2nccc(CCC(=O)CCC3CN(C4=COC=C(CC5=CC=CCC5)O4)C(=O)O3)c2n1. The highest BCUT2D eigenvalue weighted by molar-refractivity contribution is 5.81. The fourth-order valence-electron chi connectivity index (χ4n) is 4.52. The summed E-state index contributed by atoms with van der Waals surface area (Å²) < 4.78 is 22.1. The summed E-state index contributed by atoms with van der Waals surface area (Å²) in [7, 11) is 1.57. The van der Waals surface area contributed by atoms with Crippen molar-refractivity contribution in [1.29, 1.82) is 0 Å². The molecule has 2 aliphatic heterocycles. The number of carbonyl (C=O) groups excluding carboxylic acids is 2. The number of hydrogen-bond acceptors (Lipinski definition) is 8. The fourth-order valence-corrected chi connectivity index (χ4v) is 4.52. The van der Waals surface area contributed by atoms with Crippen molar-refractivity contribution in [1.82, 2.24) is 14.9 Å². The first-order valence-electron chi connectivity index (χ1n) is 12.4. The summed E-state index contributed by atoms with van der Waals surface area (Å²) >= 11 is 0. The van der Waals surface area contributed by atoms with Crippen LogP contribution in [0.15, 0.2) is 72.4 Å². The average molecular weight is 504 g/mol. The summed E-state index contributed by atoms with van der Waals surface area (Å²) in [6.45, 7) is 0.304. The number of allylic oxidation sites excluding steroid dienone is 4. The Morgan fingerprint density at radius 3 is 2.97 bits per heavy atom. The molecule has 0 N–H and O–H groups in total. The van der Waals surface area contributed by atoms with Crippen LogP contribution in [-0.2, 0) is 25.4 Å². The number of rotatable bonds is 10. The van der Waals surface area contributed by atoms with Crippen LogP contribution in [0, 0.1) is 0 Å². The van der Waals surface area contributed by atoms with Crippen molar-refractivity contribution in [2.24, 2.45) is 0 Å². The minimum absolute atomic E-state index is 0.0962. The molecule has 0 bridgehead atoms. The lowest BCUT2D eigenvalue weighted by molar-refractivity contribution is -0.119. The van der Waals surface area contributed by atoms with E-state index < -0.39 is 12.2 Å². The monoisotopic (exact) mass is 503 g/mol. The predicted octanol–water partition coefficient (Wildman–Crippen LogP) is 5.09. The van der Waals surface area contributed by atoms with Gasteiger partial charge in [0.15, 0.2) is 6.26 Å². The molecule has 1 atom stereocenters. The zero-order valence-electron chi connectivity index (χ0n) is 20.7. The number of ether oxygens (including phenoxy) is 4. The van der Waals surface area contributed by atoms with Crippen molar-refractivity contribution in [3.05, 3.63) is 77.9 Å². The van der Waals surface area contributed by atoms with Gasteiger partial charge >= 0.3 is 6.09 Å². The summed E-state index contributed by atoms with van der Waals surface area (Å²) in [5, 5.41) is 0. The molecule has 1 amide bonds. The van der Waals surface area contributed by atoms with E-state index in [0.717, 1.165) is 29.4 Å². The largest absolute Gasteiger partial charge is 0.481 e. The van der Waals surface area contributed by atoms with Crippen LogP contribution in [0.4, 0.5) is 4.79 Å². The number of nitrogens with zero attached hydrogens (tertiary/aromatic N) is 3. The van der Waals surface area contributed by atoms with Gasteiger partial charge in [0, 0.05) is 31.5 Å². The Bertz CT molecular complexity index is 1310. The number of methoxy groups -OCH3 is 1. The Kier molecular flexibility index (Phi) is 7.49. The van der Waals surface area contributed by atoms with E-state index in [1.165, 1.54) is 16.7 Å². The van der Waals surface area contributed by atoms with Gasteiger partial charge in [0.1, 0.15) is 23.9 Å². The van der Waals surface area contributed by atoms with E-state index >= 15 is 0 Å². The Hall–Kier alpha value is -4.14. The number of aryl methyl sites for hydroxylation is 1. The molecule has 1 saturated heterocycles. The summed E-state index contributed by atoms with van der Waals surface area (Å²) in [5.41, 5.74) is 3.69. The highest BCUT2D eigenvalue weighted by Crippen LogP contribution is 2.29. The lowest BCUT2D eigenvalue weighted by atomic mass is 10.0. The Labute approximate surface area is 215 Å². The molecule has 0 saturated carbocycles. The number of carbonyl (C=O) groups is 2. The number of cyclic esters (lactones) is 1. The van der Waals surface area contributed by atoms with Crippen LogP contribution in [-0.4, -0.2) is 46.5 Å². The van der Waals surface area contributed by atoms with Gasteiger partial charge in [-0.05, 0) is 43.4 Å².